The molecule has 1 fully saturated rings. The van der Waals surface area contributed by atoms with Gasteiger partial charge in [-0.3, -0.25) is 4.79 Å². The van der Waals surface area contributed by atoms with Crippen molar-refractivity contribution in [3.8, 4) is 11.3 Å². The monoisotopic (exact) mass is 304 g/mol. The summed E-state index contributed by atoms with van der Waals surface area (Å²) in [6.45, 7) is 0. The van der Waals surface area contributed by atoms with E-state index in [0.717, 1.165) is 29.0 Å². The maximum Gasteiger partial charge on any atom is 0.252 e. The first kappa shape index (κ1) is 13.6. The highest BCUT2D eigenvalue weighted by Crippen LogP contribution is 2.34. The van der Waals surface area contributed by atoms with Crippen molar-refractivity contribution >= 4 is 17.7 Å². The summed E-state index contributed by atoms with van der Waals surface area (Å²) in [7, 11) is 0. The van der Waals surface area contributed by atoms with Crippen molar-refractivity contribution in [3.63, 3.8) is 0 Å². The number of carbonyl (C=O) groups is 1. The van der Waals surface area contributed by atoms with Gasteiger partial charge < -0.3 is 15.5 Å². The average Bonchev–Trinajstić information content (AvgIpc) is 3.13. The molecule has 4 heteroatoms. The zero-order chi connectivity index (χ0) is 15.8. The molecular formula is C19H16N2O2. The van der Waals surface area contributed by atoms with Crippen molar-refractivity contribution in [3.05, 3.63) is 71.7 Å². The van der Waals surface area contributed by atoms with Gasteiger partial charge in [-0.1, -0.05) is 24.3 Å². The zero-order valence-corrected chi connectivity index (χ0v) is 12.5. The predicted molar refractivity (Wildman–Crippen MR) is 90.0 cm³/mol. The third-order valence-corrected chi connectivity index (χ3v) is 4.15. The van der Waals surface area contributed by atoms with Crippen LogP contribution in [0.25, 0.3) is 17.4 Å². The van der Waals surface area contributed by atoms with Crippen molar-refractivity contribution in [2.45, 2.75) is 6.42 Å². The number of benzene rings is 1. The number of amides is 1. The van der Waals surface area contributed by atoms with Crippen LogP contribution in [-0.4, -0.2) is 5.91 Å². The molecule has 3 N–H and O–H groups in total. The summed E-state index contributed by atoms with van der Waals surface area (Å²) in [5, 5.41) is 2.92. The minimum atomic E-state index is -0.0492. The molecule has 1 saturated heterocycles. The van der Waals surface area contributed by atoms with E-state index < -0.39 is 0 Å². The van der Waals surface area contributed by atoms with E-state index in [0.29, 0.717) is 11.4 Å². The highest BCUT2D eigenvalue weighted by Gasteiger charge is 2.32. The van der Waals surface area contributed by atoms with E-state index in [1.165, 1.54) is 0 Å². The van der Waals surface area contributed by atoms with Gasteiger partial charge in [0.2, 0.25) is 0 Å². The van der Waals surface area contributed by atoms with Crippen molar-refractivity contribution < 1.29 is 9.21 Å². The van der Waals surface area contributed by atoms with Crippen LogP contribution in [0, 0.1) is 5.92 Å². The molecule has 4 nitrogen and oxygen atoms in total. The van der Waals surface area contributed by atoms with Crippen molar-refractivity contribution in [2.24, 2.45) is 5.92 Å². The number of nitrogens with one attached hydrogen (secondary N) is 1. The molecule has 1 unspecified atom stereocenters. The highest BCUT2D eigenvalue weighted by molar-refractivity contribution is 6.03. The fourth-order valence-corrected chi connectivity index (χ4v) is 3.01. The summed E-state index contributed by atoms with van der Waals surface area (Å²) in [6.07, 6.45) is 8.66. The smallest absolute Gasteiger partial charge is 0.252 e. The SMILES string of the molecule is Nc1cccc(-c2ccc(/C=C3/C(=O)NC4=CC=CCC43)o2)c1. The van der Waals surface area contributed by atoms with Gasteiger partial charge in [0, 0.05) is 28.4 Å². The largest absolute Gasteiger partial charge is 0.457 e. The number of nitrogen functional groups attached to an aromatic ring is 1. The van der Waals surface area contributed by atoms with E-state index in [-0.39, 0.29) is 11.8 Å². The molecule has 1 atom stereocenters. The van der Waals surface area contributed by atoms with Gasteiger partial charge in [0.1, 0.15) is 11.5 Å². The predicted octanol–water partition coefficient (Wildman–Crippen LogP) is 3.50. The summed E-state index contributed by atoms with van der Waals surface area (Å²) < 4.78 is 5.87. The molecule has 0 saturated carbocycles. The van der Waals surface area contributed by atoms with E-state index in [9.17, 15) is 4.79 Å². The molecule has 0 bridgehead atoms. The van der Waals surface area contributed by atoms with Crippen LogP contribution in [0.15, 0.2) is 70.3 Å². The number of allylic oxidation sites excluding steroid dienone is 4. The van der Waals surface area contributed by atoms with Gasteiger partial charge in [-0.25, -0.2) is 0 Å². The lowest BCUT2D eigenvalue weighted by Crippen LogP contribution is -2.13. The van der Waals surface area contributed by atoms with Gasteiger partial charge in [0.25, 0.3) is 5.91 Å². The first-order valence-electron chi connectivity index (χ1n) is 7.56. The Morgan fingerprint density at radius 1 is 1.26 bits per heavy atom. The van der Waals surface area contributed by atoms with E-state index in [1.54, 1.807) is 0 Å². The Hall–Kier alpha value is -3.01. The first-order valence-corrected chi connectivity index (χ1v) is 7.56. The number of rotatable bonds is 2. The van der Waals surface area contributed by atoms with E-state index in [2.05, 4.69) is 11.4 Å². The maximum absolute atomic E-state index is 12.2. The van der Waals surface area contributed by atoms with E-state index in [4.69, 9.17) is 10.2 Å². The Bertz CT molecular complexity index is 871. The molecule has 1 aromatic carbocycles. The van der Waals surface area contributed by atoms with Crippen LogP contribution in [0.5, 0.6) is 0 Å². The highest BCUT2D eigenvalue weighted by atomic mass is 16.3. The Kier molecular flexibility index (Phi) is 3.15. The van der Waals surface area contributed by atoms with Crippen LogP contribution in [-0.2, 0) is 4.79 Å². The van der Waals surface area contributed by atoms with E-state index in [1.807, 2.05) is 54.6 Å². The Morgan fingerprint density at radius 2 is 2.17 bits per heavy atom. The summed E-state index contributed by atoms with van der Waals surface area (Å²) in [5.41, 5.74) is 9.13. The van der Waals surface area contributed by atoms with Gasteiger partial charge in [-0.05, 0) is 42.8 Å². The molecule has 2 aliphatic rings. The molecule has 1 amide bonds. The molecule has 1 aliphatic heterocycles. The summed E-state index contributed by atoms with van der Waals surface area (Å²) in [4.78, 5) is 12.2. The van der Waals surface area contributed by atoms with Crippen LogP contribution in [0.2, 0.25) is 0 Å². The van der Waals surface area contributed by atoms with Crippen molar-refractivity contribution in [1.82, 2.24) is 5.32 Å². The van der Waals surface area contributed by atoms with Crippen LogP contribution in [0.1, 0.15) is 12.2 Å². The fourth-order valence-electron chi connectivity index (χ4n) is 3.01. The molecule has 2 heterocycles. The third kappa shape index (κ3) is 2.48. The number of carbonyl (C=O) groups excluding carboxylic acids is 1. The lowest BCUT2D eigenvalue weighted by Gasteiger charge is -2.11. The molecule has 114 valence electrons. The van der Waals surface area contributed by atoms with Gasteiger partial charge in [-0.15, -0.1) is 0 Å². The number of nitrogens with two attached hydrogens (primary N) is 1. The maximum atomic E-state index is 12.2. The molecule has 1 aliphatic carbocycles. The topological polar surface area (TPSA) is 68.3 Å². The molecule has 1 aromatic heterocycles. The minimum absolute atomic E-state index is 0.0492. The Labute approximate surface area is 134 Å². The summed E-state index contributed by atoms with van der Waals surface area (Å²) in [5.74, 6) is 1.46. The molecular weight excluding hydrogens is 288 g/mol. The number of anilines is 1. The van der Waals surface area contributed by atoms with Crippen LogP contribution >= 0.6 is 0 Å². The second-order valence-electron chi connectivity index (χ2n) is 5.72. The zero-order valence-electron chi connectivity index (χ0n) is 12.5. The fraction of sp³-hybridized carbons (Fsp3) is 0.105. The summed E-state index contributed by atoms with van der Waals surface area (Å²) >= 11 is 0. The standard InChI is InChI=1S/C19H16N2O2/c20-13-5-3-4-12(10-13)18-9-8-14(23-18)11-16-15-6-1-2-7-17(15)21-19(16)22/h1-5,7-11,15H,6,20H2,(H,21,22)/b16-11+. The molecule has 4 rings (SSSR count). The van der Waals surface area contributed by atoms with Gasteiger partial charge in [0.15, 0.2) is 0 Å². The minimum Gasteiger partial charge on any atom is -0.457 e. The van der Waals surface area contributed by atoms with Gasteiger partial charge in [-0.2, -0.15) is 0 Å². The van der Waals surface area contributed by atoms with Gasteiger partial charge >= 0.3 is 0 Å². The van der Waals surface area contributed by atoms with Gasteiger partial charge in [0.05, 0.1) is 0 Å². The lowest BCUT2D eigenvalue weighted by atomic mass is 9.92. The third-order valence-electron chi connectivity index (χ3n) is 4.15. The number of hydrogen-bond donors (Lipinski definition) is 2. The second-order valence-corrected chi connectivity index (χ2v) is 5.72. The normalized spacial score (nSPS) is 21.2. The molecule has 2 aromatic rings. The molecule has 23 heavy (non-hydrogen) atoms. The first-order chi connectivity index (χ1) is 11.2. The number of fused-ring (bicyclic) bond motifs is 1. The lowest BCUT2D eigenvalue weighted by molar-refractivity contribution is -0.115. The van der Waals surface area contributed by atoms with E-state index >= 15 is 0 Å². The number of hydrogen-bond acceptors (Lipinski definition) is 3. The van der Waals surface area contributed by atoms with Crippen molar-refractivity contribution in [2.75, 3.05) is 5.73 Å². The average molecular weight is 304 g/mol. The summed E-state index contributed by atoms with van der Waals surface area (Å²) in [6, 6.07) is 11.3. The number of furan rings is 1. The molecule has 0 radical (unpaired) electrons. The molecule has 0 spiro atoms. The van der Waals surface area contributed by atoms with Crippen LogP contribution < -0.4 is 11.1 Å². The Balaban J connectivity index is 1.66. The second kappa shape index (κ2) is 5.32. The van der Waals surface area contributed by atoms with Crippen LogP contribution in [0.3, 0.4) is 0 Å². The quantitative estimate of drug-likeness (QED) is 0.659. The van der Waals surface area contributed by atoms with Crippen molar-refractivity contribution in [1.29, 1.82) is 0 Å². The Morgan fingerprint density at radius 3 is 3.04 bits per heavy atom. The van der Waals surface area contributed by atoms with Crippen LogP contribution in [0.4, 0.5) is 5.69 Å².